The Bertz CT molecular complexity index is 3680. The van der Waals surface area contributed by atoms with Gasteiger partial charge in [-0.25, -0.2) is 8.78 Å². The van der Waals surface area contributed by atoms with Gasteiger partial charge in [-0.05, 0) is 143 Å². The molecule has 12 aromatic carbocycles. The summed E-state index contributed by atoms with van der Waals surface area (Å²) < 4.78 is 35.6. The zero-order valence-corrected chi connectivity index (χ0v) is 40.6. The first kappa shape index (κ1) is 44.4. The second-order valence-electron chi connectivity index (χ2n) is 19.1. The zero-order valence-electron chi connectivity index (χ0n) is 40.6. The van der Waals surface area contributed by atoms with Gasteiger partial charge in [0.05, 0.1) is 22.7 Å². The second kappa shape index (κ2) is 18.1. The van der Waals surface area contributed by atoms with Gasteiger partial charge < -0.3 is 9.80 Å². The molecule has 0 aliphatic carbocycles. The molecular formula is C68H50F2N2. The van der Waals surface area contributed by atoms with Gasteiger partial charge in [0.1, 0.15) is 11.6 Å². The molecule has 0 heterocycles. The van der Waals surface area contributed by atoms with E-state index < -0.39 is 0 Å². The lowest BCUT2D eigenvalue weighted by atomic mass is 9.90. The Labute approximate surface area is 419 Å². The van der Waals surface area contributed by atoms with Crippen LogP contribution in [0.5, 0.6) is 0 Å². The van der Waals surface area contributed by atoms with Crippen LogP contribution in [0.2, 0.25) is 0 Å². The van der Waals surface area contributed by atoms with Gasteiger partial charge in [0.2, 0.25) is 0 Å². The fraction of sp³-hybridized carbons (Fsp3) is 0.0588. The third-order valence-electron chi connectivity index (χ3n) is 14.2. The molecule has 0 aliphatic heterocycles. The molecule has 72 heavy (non-hydrogen) atoms. The lowest BCUT2D eigenvalue weighted by molar-refractivity contribution is 0.629. The van der Waals surface area contributed by atoms with Crippen molar-refractivity contribution in [1.29, 1.82) is 0 Å². The van der Waals surface area contributed by atoms with Gasteiger partial charge in [0, 0.05) is 33.3 Å². The van der Waals surface area contributed by atoms with E-state index >= 15 is 8.78 Å². The average molecular weight is 933 g/mol. The molecule has 0 N–H and O–H groups in total. The van der Waals surface area contributed by atoms with Gasteiger partial charge >= 0.3 is 0 Å². The van der Waals surface area contributed by atoms with E-state index in [1.165, 1.54) is 0 Å². The maximum atomic E-state index is 17.8. The highest BCUT2D eigenvalue weighted by Crippen LogP contribution is 2.52. The van der Waals surface area contributed by atoms with E-state index in [-0.39, 0.29) is 11.6 Å². The van der Waals surface area contributed by atoms with Crippen molar-refractivity contribution < 1.29 is 8.78 Å². The molecule has 0 amide bonds. The van der Waals surface area contributed by atoms with Crippen LogP contribution >= 0.6 is 0 Å². The highest BCUT2D eigenvalue weighted by Gasteiger charge is 2.28. The fourth-order valence-electron chi connectivity index (χ4n) is 10.5. The number of hydrogen-bond donors (Lipinski definition) is 0. The Hall–Kier alpha value is -8.86. The van der Waals surface area contributed by atoms with Crippen LogP contribution in [0.4, 0.5) is 42.9 Å². The van der Waals surface area contributed by atoms with Crippen molar-refractivity contribution >= 4 is 66.4 Å². The minimum atomic E-state index is -0.334. The number of nitrogens with zero attached hydrogens (tertiary/aromatic N) is 2. The number of rotatable bonds is 10. The van der Waals surface area contributed by atoms with Crippen LogP contribution in [0.15, 0.2) is 231 Å². The predicted molar refractivity (Wildman–Crippen MR) is 300 cm³/mol. The molecule has 12 aromatic rings. The van der Waals surface area contributed by atoms with Crippen molar-refractivity contribution in [3.05, 3.63) is 264 Å². The summed E-state index contributed by atoms with van der Waals surface area (Å²) in [6.45, 7) is 8.27. The summed E-state index contributed by atoms with van der Waals surface area (Å²) >= 11 is 0. The Morgan fingerprint density at radius 1 is 0.292 bits per heavy atom. The first-order chi connectivity index (χ1) is 35.2. The minimum absolute atomic E-state index is 0.334. The third kappa shape index (κ3) is 7.92. The summed E-state index contributed by atoms with van der Waals surface area (Å²) in [5.41, 5.74) is 15.7. The number of aryl methyl sites for hydroxylation is 4. The number of anilines is 6. The largest absolute Gasteiger partial charge is 0.307 e. The van der Waals surface area contributed by atoms with E-state index in [0.29, 0.717) is 11.4 Å². The Morgan fingerprint density at radius 3 is 0.958 bits per heavy atom. The molecule has 0 atom stereocenters. The Balaban J connectivity index is 1.11. The molecule has 0 unspecified atom stereocenters. The smallest absolute Gasteiger partial charge is 0.148 e. The van der Waals surface area contributed by atoms with Gasteiger partial charge in [0.25, 0.3) is 0 Å². The third-order valence-corrected chi connectivity index (χ3v) is 14.2. The van der Waals surface area contributed by atoms with E-state index in [4.69, 9.17) is 0 Å². The summed E-state index contributed by atoms with van der Waals surface area (Å²) in [4.78, 5) is 4.18. The van der Waals surface area contributed by atoms with Crippen molar-refractivity contribution in [3.63, 3.8) is 0 Å². The van der Waals surface area contributed by atoms with E-state index in [9.17, 15) is 0 Å². The van der Waals surface area contributed by atoms with Crippen molar-refractivity contribution in [2.24, 2.45) is 0 Å². The number of halogens is 2. The monoisotopic (exact) mass is 932 g/mol. The lowest BCUT2D eigenvalue weighted by Crippen LogP contribution is -2.14. The lowest BCUT2D eigenvalue weighted by Gasteiger charge is -2.31. The molecule has 0 spiro atoms. The van der Waals surface area contributed by atoms with E-state index in [2.05, 4.69) is 195 Å². The van der Waals surface area contributed by atoms with Gasteiger partial charge in [-0.3, -0.25) is 0 Å². The molecule has 4 heteroatoms. The van der Waals surface area contributed by atoms with Crippen molar-refractivity contribution in [2.75, 3.05) is 9.80 Å². The summed E-state index contributed by atoms with van der Waals surface area (Å²) in [6.07, 6.45) is 0. The first-order valence-corrected chi connectivity index (χ1v) is 24.5. The molecular weight excluding hydrogens is 883 g/mol. The van der Waals surface area contributed by atoms with Crippen LogP contribution in [0.25, 0.3) is 76.8 Å². The van der Waals surface area contributed by atoms with Crippen LogP contribution in [-0.4, -0.2) is 0 Å². The summed E-state index contributed by atoms with van der Waals surface area (Å²) in [5.74, 6) is -0.669. The Morgan fingerprint density at radius 2 is 0.611 bits per heavy atom. The molecule has 2 nitrogen and oxygen atoms in total. The van der Waals surface area contributed by atoms with Crippen molar-refractivity contribution in [2.45, 2.75) is 27.7 Å². The molecule has 0 bridgehead atoms. The first-order valence-electron chi connectivity index (χ1n) is 24.5. The standard InChI is InChI=1S/C68H50F2N2/c1-43-15-23-47(24-16-43)53-39-59(49-27-19-45(3)20-28-49)67(61(69)41-53)71(55-11-7-5-8-12-55)63-37-33-51-32-36-58-64(38-34-52-31-35-57(63)65(51)66(52)58)72(56-13-9-6-10-14-56)68-60(50-29-21-46(4)22-30-50)40-54(42-62(68)70)48-25-17-44(2)18-26-48/h5-42H,1-4H3. The molecule has 346 valence electrons. The van der Waals surface area contributed by atoms with Crippen LogP contribution in [0.1, 0.15) is 22.3 Å². The maximum Gasteiger partial charge on any atom is 0.148 e. The average Bonchev–Trinajstić information content (AvgIpc) is 3.41. The normalized spacial score (nSPS) is 11.5. The van der Waals surface area contributed by atoms with E-state index in [0.717, 1.165) is 122 Å². The number of hydrogen-bond acceptors (Lipinski definition) is 2. The number of para-hydroxylation sites is 2. The molecule has 0 aromatic heterocycles. The molecule has 12 rings (SSSR count). The maximum absolute atomic E-state index is 17.8. The number of benzene rings is 12. The van der Waals surface area contributed by atoms with Gasteiger partial charge in [-0.2, -0.15) is 0 Å². The van der Waals surface area contributed by atoms with E-state index in [1.54, 1.807) is 12.1 Å². The van der Waals surface area contributed by atoms with Crippen molar-refractivity contribution in [1.82, 2.24) is 0 Å². The summed E-state index contributed by atoms with van der Waals surface area (Å²) in [5, 5.41) is 6.10. The second-order valence-corrected chi connectivity index (χ2v) is 19.1. The molecule has 0 saturated carbocycles. The SMILES string of the molecule is Cc1ccc(-c2cc(F)c(N(c3ccccc3)c3ccc4ccc5c(N(c6ccccc6)c6c(F)cc(-c7ccc(C)cc7)cc6-c6ccc(C)cc6)ccc6ccc3c4c65)c(-c3ccc(C)cc3)c2)cc1. The highest BCUT2D eigenvalue weighted by molar-refractivity contribution is 6.28. The van der Waals surface area contributed by atoms with Crippen molar-refractivity contribution in [3.8, 4) is 44.5 Å². The summed E-state index contributed by atoms with van der Waals surface area (Å²) in [6, 6.07) is 78.2. The van der Waals surface area contributed by atoms with Crippen LogP contribution in [-0.2, 0) is 0 Å². The summed E-state index contributed by atoms with van der Waals surface area (Å²) in [7, 11) is 0. The molecule has 0 fully saturated rings. The molecule has 0 saturated heterocycles. The van der Waals surface area contributed by atoms with Crippen LogP contribution in [0.3, 0.4) is 0 Å². The van der Waals surface area contributed by atoms with Crippen LogP contribution < -0.4 is 9.80 Å². The quantitative estimate of drug-likeness (QED) is 0.126. The minimum Gasteiger partial charge on any atom is -0.307 e. The van der Waals surface area contributed by atoms with E-state index in [1.807, 2.05) is 60.7 Å². The topological polar surface area (TPSA) is 6.48 Å². The zero-order chi connectivity index (χ0) is 49.0. The van der Waals surface area contributed by atoms with Gasteiger partial charge in [0.15, 0.2) is 0 Å². The fourth-order valence-corrected chi connectivity index (χ4v) is 10.5. The van der Waals surface area contributed by atoms with Crippen LogP contribution in [0, 0.1) is 39.3 Å². The molecule has 0 radical (unpaired) electrons. The van der Waals surface area contributed by atoms with Gasteiger partial charge in [-0.1, -0.05) is 192 Å². The highest BCUT2D eigenvalue weighted by atomic mass is 19.1. The molecule has 0 aliphatic rings. The predicted octanol–water partition coefficient (Wildman–Crippen LogP) is 19.7. The van der Waals surface area contributed by atoms with Gasteiger partial charge in [-0.15, -0.1) is 0 Å². The Kier molecular flexibility index (Phi) is 11.2.